The van der Waals surface area contributed by atoms with Gasteiger partial charge in [0.1, 0.15) is 5.75 Å². The Kier molecular flexibility index (Phi) is 9.85. The van der Waals surface area contributed by atoms with Gasteiger partial charge in [0.05, 0.1) is 16.2 Å². The summed E-state index contributed by atoms with van der Waals surface area (Å²) in [7, 11) is -3.51. The summed E-state index contributed by atoms with van der Waals surface area (Å²) in [5.74, 6) is -0.768. The summed E-state index contributed by atoms with van der Waals surface area (Å²) in [6.45, 7) is 2.18. The zero-order valence-electron chi connectivity index (χ0n) is 17.4. The van der Waals surface area contributed by atoms with E-state index in [-0.39, 0.29) is 22.0 Å². The summed E-state index contributed by atoms with van der Waals surface area (Å²) >= 11 is 3.32. The minimum absolute atomic E-state index is 0.0422. The quantitative estimate of drug-likeness (QED) is 0.337. The van der Waals surface area contributed by atoms with E-state index in [0.29, 0.717) is 12.1 Å². The van der Waals surface area contributed by atoms with Crippen molar-refractivity contribution in [1.29, 1.82) is 0 Å². The van der Waals surface area contributed by atoms with Crippen molar-refractivity contribution in [1.82, 2.24) is 0 Å². The van der Waals surface area contributed by atoms with Gasteiger partial charge in [0.2, 0.25) is 0 Å². The number of benzene rings is 2. The Morgan fingerprint density at radius 2 is 1.53 bits per heavy atom. The molecular formula is C23H30BrNO4S. The van der Waals surface area contributed by atoms with E-state index < -0.39 is 15.7 Å². The molecular weight excluding hydrogens is 466 g/mol. The highest BCUT2D eigenvalue weighted by Crippen LogP contribution is 2.24. The van der Waals surface area contributed by atoms with Gasteiger partial charge in [-0.25, -0.2) is 8.42 Å². The lowest BCUT2D eigenvalue weighted by molar-refractivity contribution is 0.102. The van der Waals surface area contributed by atoms with Gasteiger partial charge < -0.3 is 10.4 Å². The molecule has 1 amide bonds. The summed E-state index contributed by atoms with van der Waals surface area (Å²) in [5.41, 5.74) is 0.490. The van der Waals surface area contributed by atoms with Crippen LogP contribution in [0.15, 0.2) is 51.8 Å². The van der Waals surface area contributed by atoms with E-state index in [0.717, 1.165) is 23.7 Å². The van der Waals surface area contributed by atoms with E-state index in [4.69, 9.17) is 0 Å². The highest BCUT2D eigenvalue weighted by Gasteiger charge is 2.19. The fraction of sp³-hybridized carbons (Fsp3) is 0.435. The first-order valence-electron chi connectivity index (χ1n) is 10.5. The third kappa shape index (κ3) is 7.76. The van der Waals surface area contributed by atoms with Gasteiger partial charge in [-0.15, -0.1) is 0 Å². The summed E-state index contributed by atoms with van der Waals surface area (Å²) in [6.07, 6.45) is 8.57. The molecule has 164 valence electrons. The largest absolute Gasteiger partial charge is 0.507 e. The number of unbranched alkanes of at least 4 members (excludes halogenated alkanes) is 7. The van der Waals surface area contributed by atoms with Crippen molar-refractivity contribution in [2.24, 2.45) is 0 Å². The maximum absolute atomic E-state index is 12.7. The monoisotopic (exact) mass is 495 g/mol. The van der Waals surface area contributed by atoms with Gasteiger partial charge >= 0.3 is 0 Å². The van der Waals surface area contributed by atoms with Gasteiger partial charge in [0, 0.05) is 10.2 Å². The second kappa shape index (κ2) is 12.1. The van der Waals surface area contributed by atoms with Crippen molar-refractivity contribution in [3.05, 3.63) is 52.5 Å². The lowest BCUT2D eigenvalue weighted by Gasteiger charge is -2.10. The van der Waals surface area contributed by atoms with Crippen LogP contribution in [0.3, 0.4) is 0 Å². The molecule has 0 spiro atoms. The lowest BCUT2D eigenvalue weighted by Crippen LogP contribution is -2.14. The molecule has 5 nitrogen and oxygen atoms in total. The van der Waals surface area contributed by atoms with Crippen LogP contribution in [0.5, 0.6) is 5.75 Å². The third-order valence-corrected chi connectivity index (χ3v) is 7.27. The summed E-state index contributed by atoms with van der Waals surface area (Å²) in [6, 6.07) is 10.8. The number of aromatic hydroxyl groups is 1. The Bertz CT molecular complexity index is 927. The first-order chi connectivity index (χ1) is 14.3. The number of amides is 1. The van der Waals surface area contributed by atoms with Crippen molar-refractivity contribution < 1.29 is 18.3 Å². The highest BCUT2D eigenvalue weighted by molar-refractivity contribution is 9.10. The fourth-order valence-corrected chi connectivity index (χ4v) is 4.82. The molecule has 30 heavy (non-hydrogen) atoms. The predicted octanol–water partition coefficient (Wildman–Crippen LogP) is 6.32. The Balaban J connectivity index is 1.95. The number of phenols is 1. The number of carbonyl (C=O) groups excluding carboxylic acids is 1. The molecule has 0 aliphatic rings. The normalized spacial score (nSPS) is 11.4. The van der Waals surface area contributed by atoms with Crippen molar-refractivity contribution in [2.75, 3.05) is 11.1 Å². The van der Waals surface area contributed by atoms with Crippen LogP contribution in [0.1, 0.15) is 68.6 Å². The second-order valence-electron chi connectivity index (χ2n) is 7.43. The molecule has 0 saturated heterocycles. The number of carbonyl (C=O) groups is 1. The summed E-state index contributed by atoms with van der Waals surface area (Å²) in [4.78, 5) is 12.6. The van der Waals surface area contributed by atoms with Crippen LogP contribution in [0.4, 0.5) is 5.69 Å². The second-order valence-corrected chi connectivity index (χ2v) is 10.5. The minimum Gasteiger partial charge on any atom is -0.507 e. The SMILES string of the molecule is CCCCCCCCCCS(=O)(=O)c1ccc(O)c(C(=O)Nc2ccc(Br)cc2)c1. The lowest BCUT2D eigenvalue weighted by atomic mass is 10.1. The number of hydrogen-bond donors (Lipinski definition) is 2. The average molecular weight is 496 g/mol. The van der Waals surface area contributed by atoms with Gasteiger partial charge in [-0.05, 0) is 48.9 Å². The molecule has 0 aromatic heterocycles. The molecule has 0 radical (unpaired) electrons. The van der Waals surface area contributed by atoms with E-state index in [2.05, 4.69) is 28.2 Å². The van der Waals surface area contributed by atoms with Crippen LogP contribution in [-0.4, -0.2) is 25.2 Å². The zero-order chi connectivity index (χ0) is 22.0. The Morgan fingerprint density at radius 1 is 0.933 bits per heavy atom. The van der Waals surface area contributed by atoms with Crippen molar-refractivity contribution in [2.45, 2.75) is 63.2 Å². The highest BCUT2D eigenvalue weighted by atomic mass is 79.9. The molecule has 0 unspecified atom stereocenters. The van der Waals surface area contributed by atoms with E-state index in [1.54, 1.807) is 24.3 Å². The molecule has 2 aromatic rings. The van der Waals surface area contributed by atoms with Gasteiger partial charge in [-0.1, -0.05) is 67.8 Å². The Hall–Kier alpha value is -1.86. The average Bonchev–Trinajstić information content (AvgIpc) is 2.71. The van der Waals surface area contributed by atoms with E-state index in [1.165, 1.54) is 43.9 Å². The van der Waals surface area contributed by atoms with Crippen LogP contribution < -0.4 is 5.32 Å². The number of hydrogen-bond acceptors (Lipinski definition) is 4. The number of halogens is 1. The van der Waals surface area contributed by atoms with Crippen LogP contribution in [0.25, 0.3) is 0 Å². The smallest absolute Gasteiger partial charge is 0.259 e. The maximum Gasteiger partial charge on any atom is 0.259 e. The van der Waals surface area contributed by atoms with Crippen molar-refractivity contribution >= 4 is 37.4 Å². The molecule has 0 saturated carbocycles. The molecule has 0 atom stereocenters. The first kappa shape index (κ1) is 24.4. The maximum atomic E-state index is 12.7. The number of sulfone groups is 1. The van der Waals surface area contributed by atoms with Crippen molar-refractivity contribution in [3.63, 3.8) is 0 Å². The molecule has 0 heterocycles. The van der Waals surface area contributed by atoms with Crippen molar-refractivity contribution in [3.8, 4) is 5.75 Å². The minimum atomic E-state index is -3.51. The molecule has 2 aromatic carbocycles. The van der Waals surface area contributed by atoms with Gasteiger partial charge in [0.25, 0.3) is 5.91 Å². The zero-order valence-corrected chi connectivity index (χ0v) is 19.8. The molecule has 2 rings (SSSR count). The number of anilines is 1. The predicted molar refractivity (Wildman–Crippen MR) is 125 cm³/mol. The van der Waals surface area contributed by atoms with Crippen LogP contribution >= 0.6 is 15.9 Å². The van der Waals surface area contributed by atoms with Crippen LogP contribution in [0, 0.1) is 0 Å². The van der Waals surface area contributed by atoms with Crippen LogP contribution in [-0.2, 0) is 9.84 Å². The van der Waals surface area contributed by atoms with Gasteiger partial charge in [-0.3, -0.25) is 4.79 Å². The molecule has 0 bridgehead atoms. The molecule has 7 heteroatoms. The summed E-state index contributed by atoms with van der Waals surface area (Å²) in [5, 5.41) is 12.7. The van der Waals surface area contributed by atoms with Gasteiger partial charge in [-0.2, -0.15) is 0 Å². The number of nitrogens with one attached hydrogen (secondary N) is 1. The summed E-state index contributed by atoms with van der Waals surface area (Å²) < 4.78 is 26.2. The fourth-order valence-electron chi connectivity index (χ4n) is 3.17. The molecule has 2 N–H and O–H groups in total. The standard InChI is InChI=1S/C23H30BrNO4S/c1-2-3-4-5-6-7-8-9-16-30(28,29)20-14-15-22(26)21(17-20)23(27)25-19-12-10-18(24)11-13-19/h10-15,17,26H,2-9,16H2,1H3,(H,25,27). The van der Waals surface area contributed by atoms with Crippen LogP contribution in [0.2, 0.25) is 0 Å². The molecule has 0 fully saturated rings. The molecule has 0 aliphatic carbocycles. The molecule has 0 aliphatic heterocycles. The van der Waals surface area contributed by atoms with E-state index in [9.17, 15) is 18.3 Å². The van der Waals surface area contributed by atoms with E-state index in [1.807, 2.05) is 0 Å². The Labute approximate surface area is 188 Å². The van der Waals surface area contributed by atoms with Gasteiger partial charge in [0.15, 0.2) is 9.84 Å². The number of phenolic OH excluding ortho intramolecular Hbond substituents is 1. The topological polar surface area (TPSA) is 83.5 Å². The van der Waals surface area contributed by atoms with E-state index >= 15 is 0 Å². The third-order valence-electron chi connectivity index (χ3n) is 4.94. The first-order valence-corrected chi connectivity index (χ1v) is 12.9. The number of rotatable bonds is 12. The Morgan fingerprint density at radius 3 is 2.17 bits per heavy atom.